The Labute approximate surface area is 142 Å². The van der Waals surface area contributed by atoms with E-state index in [1.165, 1.54) is 0 Å². The number of fused-ring (bicyclic) bond motifs is 1. The molecule has 0 aliphatic heterocycles. The molecule has 0 amide bonds. The molecule has 0 aliphatic rings. The van der Waals surface area contributed by atoms with Crippen molar-refractivity contribution < 1.29 is 8.42 Å². The highest BCUT2D eigenvalue weighted by molar-refractivity contribution is 7.93. The fourth-order valence-corrected chi connectivity index (χ4v) is 4.11. The number of sulfonamides is 1. The van der Waals surface area contributed by atoms with Crippen molar-refractivity contribution in [3.05, 3.63) is 53.9 Å². The minimum Gasteiger partial charge on any atom is -0.331 e. The van der Waals surface area contributed by atoms with Gasteiger partial charge in [-0.3, -0.25) is 4.72 Å². The van der Waals surface area contributed by atoms with E-state index in [4.69, 9.17) is 0 Å². The van der Waals surface area contributed by atoms with Crippen LogP contribution in [0.3, 0.4) is 0 Å². The predicted octanol–water partition coefficient (Wildman–Crippen LogP) is 3.86. The standard InChI is InChI=1S/C18H21N3O2S/c1-4-11-21-12-17(15-8-6-10-19-18(15)21)24(22,23)20-16-9-5-7-13(2)14(16)3/h5-10,12,20H,4,11H2,1-3H3. The molecule has 0 fully saturated rings. The van der Waals surface area contributed by atoms with E-state index in [2.05, 4.69) is 16.6 Å². The lowest BCUT2D eigenvalue weighted by Gasteiger charge is -2.11. The summed E-state index contributed by atoms with van der Waals surface area (Å²) in [4.78, 5) is 4.61. The van der Waals surface area contributed by atoms with Crippen molar-refractivity contribution in [2.45, 2.75) is 38.6 Å². The zero-order valence-electron chi connectivity index (χ0n) is 14.1. The van der Waals surface area contributed by atoms with Crippen LogP contribution in [-0.2, 0) is 16.6 Å². The van der Waals surface area contributed by atoms with Crippen LogP contribution in [0.4, 0.5) is 5.69 Å². The molecule has 3 aromatic rings. The lowest BCUT2D eigenvalue weighted by molar-refractivity contribution is 0.601. The van der Waals surface area contributed by atoms with Gasteiger partial charge in [-0.15, -0.1) is 0 Å². The molecule has 0 aliphatic carbocycles. The van der Waals surface area contributed by atoms with Gasteiger partial charge in [0, 0.05) is 24.3 Å². The minimum atomic E-state index is -3.69. The summed E-state index contributed by atoms with van der Waals surface area (Å²) in [6.45, 7) is 6.66. The summed E-state index contributed by atoms with van der Waals surface area (Å²) in [5.74, 6) is 0. The Hall–Kier alpha value is -2.34. The Morgan fingerprint density at radius 3 is 2.71 bits per heavy atom. The third-order valence-corrected chi connectivity index (χ3v) is 5.59. The zero-order valence-corrected chi connectivity index (χ0v) is 14.9. The molecule has 0 unspecified atom stereocenters. The van der Waals surface area contributed by atoms with Crippen molar-refractivity contribution in [3.8, 4) is 0 Å². The highest BCUT2D eigenvalue weighted by Gasteiger charge is 2.22. The van der Waals surface area contributed by atoms with Crippen molar-refractivity contribution in [1.29, 1.82) is 0 Å². The zero-order chi connectivity index (χ0) is 17.3. The number of benzene rings is 1. The number of nitrogens with zero attached hydrogens (tertiary/aromatic N) is 2. The van der Waals surface area contributed by atoms with E-state index in [0.717, 1.165) is 24.1 Å². The van der Waals surface area contributed by atoms with E-state index in [1.807, 2.05) is 30.5 Å². The first-order chi connectivity index (χ1) is 11.4. The Balaban J connectivity index is 2.10. The van der Waals surface area contributed by atoms with Crippen molar-refractivity contribution in [3.63, 3.8) is 0 Å². The summed E-state index contributed by atoms with van der Waals surface area (Å²) in [7, 11) is -3.69. The Morgan fingerprint density at radius 1 is 1.17 bits per heavy atom. The number of anilines is 1. The number of aromatic nitrogens is 2. The maximum Gasteiger partial charge on any atom is 0.264 e. The summed E-state index contributed by atoms with van der Waals surface area (Å²) >= 11 is 0. The average Bonchev–Trinajstić information content (AvgIpc) is 2.92. The van der Waals surface area contributed by atoms with Gasteiger partial charge in [-0.2, -0.15) is 0 Å². The molecular formula is C18H21N3O2S. The second-order valence-corrected chi connectivity index (χ2v) is 7.57. The van der Waals surface area contributed by atoms with Gasteiger partial charge in [-0.05, 0) is 49.6 Å². The molecule has 2 heterocycles. The summed E-state index contributed by atoms with van der Waals surface area (Å²) < 4.78 is 30.5. The number of hydrogen-bond donors (Lipinski definition) is 1. The van der Waals surface area contributed by atoms with Gasteiger partial charge in [0.05, 0.1) is 5.69 Å². The van der Waals surface area contributed by atoms with E-state index in [9.17, 15) is 8.42 Å². The lowest BCUT2D eigenvalue weighted by atomic mass is 10.1. The van der Waals surface area contributed by atoms with E-state index < -0.39 is 10.0 Å². The van der Waals surface area contributed by atoms with Crippen LogP contribution in [0.2, 0.25) is 0 Å². The molecule has 3 rings (SSSR count). The monoisotopic (exact) mass is 343 g/mol. The van der Waals surface area contributed by atoms with Crippen molar-refractivity contribution in [2.75, 3.05) is 4.72 Å². The molecule has 0 atom stereocenters. The van der Waals surface area contributed by atoms with Crippen molar-refractivity contribution >= 4 is 26.7 Å². The topological polar surface area (TPSA) is 64.0 Å². The van der Waals surface area contributed by atoms with Crippen LogP contribution in [0.1, 0.15) is 24.5 Å². The number of pyridine rings is 1. The smallest absolute Gasteiger partial charge is 0.264 e. The van der Waals surface area contributed by atoms with E-state index in [-0.39, 0.29) is 4.90 Å². The van der Waals surface area contributed by atoms with Crippen LogP contribution in [0.25, 0.3) is 11.0 Å². The minimum absolute atomic E-state index is 0.264. The van der Waals surface area contributed by atoms with Crippen LogP contribution in [0.5, 0.6) is 0 Å². The van der Waals surface area contributed by atoms with Gasteiger partial charge in [0.25, 0.3) is 10.0 Å². The SMILES string of the molecule is CCCn1cc(S(=O)(=O)Nc2cccc(C)c2C)c2cccnc21. The number of aryl methyl sites for hydroxylation is 2. The van der Waals surface area contributed by atoms with Crippen molar-refractivity contribution in [2.24, 2.45) is 0 Å². The fourth-order valence-electron chi connectivity index (χ4n) is 2.78. The van der Waals surface area contributed by atoms with Crippen LogP contribution in [0, 0.1) is 13.8 Å². The van der Waals surface area contributed by atoms with Crippen LogP contribution >= 0.6 is 0 Å². The van der Waals surface area contributed by atoms with Gasteiger partial charge in [-0.1, -0.05) is 19.1 Å². The number of hydrogen-bond acceptors (Lipinski definition) is 3. The maximum absolute atomic E-state index is 12.9. The molecule has 0 spiro atoms. The molecule has 0 saturated carbocycles. The second kappa shape index (κ2) is 6.28. The van der Waals surface area contributed by atoms with Crippen LogP contribution in [-0.4, -0.2) is 18.0 Å². The molecule has 1 N–H and O–H groups in total. The first kappa shape index (κ1) is 16.5. The molecule has 6 heteroatoms. The first-order valence-electron chi connectivity index (χ1n) is 7.97. The molecule has 0 radical (unpaired) electrons. The highest BCUT2D eigenvalue weighted by Crippen LogP contribution is 2.27. The lowest BCUT2D eigenvalue weighted by Crippen LogP contribution is -2.13. The van der Waals surface area contributed by atoms with Gasteiger partial charge in [0.1, 0.15) is 10.5 Å². The summed E-state index contributed by atoms with van der Waals surface area (Å²) in [6.07, 6.45) is 4.27. The second-order valence-electron chi connectivity index (χ2n) is 5.91. The van der Waals surface area contributed by atoms with Crippen LogP contribution in [0.15, 0.2) is 47.6 Å². The largest absolute Gasteiger partial charge is 0.331 e. The van der Waals surface area contributed by atoms with Gasteiger partial charge in [0.2, 0.25) is 0 Å². The molecule has 0 bridgehead atoms. The first-order valence-corrected chi connectivity index (χ1v) is 9.45. The summed E-state index contributed by atoms with van der Waals surface area (Å²) in [5.41, 5.74) is 3.28. The van der Waals surface area contributed by atoms with Gasteiger partial charge >= 0.3 is 0 Å². The van der Waals surface area contributed by atoms with Crippen LogP contribution < -0.4 is 4.72 Å². The summed E-state index contributed by atoms with van der Waals surface area (Å²) in [6, 6.07) is 9.15. The molecule has 5 nitrogen and oxygen atoms in total. The maximum atomic E-state index is 12.9. The molecule has 126 valence electrons. The molecule has 0 saturated heterocycles. The van der Waals surface area contributed by atoms with Gasteiger partial charge < -0.3 is 4.57 Å². The Bertz CT molecular complexity index is 991. The third-order valence-electron chi connectivity index (χ3n) is 4.20. The predicted molar refractivity (Wildman–Crippen MR) is 96.7 cm³/mol. The highest BCUT2D eigenvalue weighted by atomic mass is 32.2. The molecule has 24 heavy (non-hydrogen) atoms. The van der Waals surface area contributed by atoms with Gasteiger partial charge in [0.15, 0.2) is 0 Å². The number of nitrogens with one attached hydrogen (secondary N) is 1. The van der Waals surface area contributed by atoms with E-state index >= 15 is 0 Å². The normalized spacial score (nSPS) is 11.8. The Morgan fingerprint density at radius 2 is 1.96 bits per heavy atom. The number of rotatable bonds is 5. The van der Waals surface area contributed by atoms with E-state index in [0.29, 0.717) is 16.7 Å². The Kier molecular flexibility index (Phi) is 4.32. The van der Waals surface area contributed by atoms with E-state index in [1.54, 1.807) is 30.6 Å². The molecule has 1 aromatic carbocycles. The van der Waals surface area contributed by atoms with Gasteiger partial charge in [-0.25, -0.2) is 13.4 Å². The van der Waals surface area contributed by atoms with Crippen molar-refractivity contribution in [1.82, 2.24) is 9.55 Å². The quantitative estimate of drug-likeness (QED) is 0.765. The fraction of sp³-hybridized carbons (Fsp3) is 0.278. The molecule has 2 aromatic heterocycles. The third kappa shape index (κ3) is 2.89. The average molecular weight is 343 g/mol. The summed E-state index contributed by atoms with van der Waals surface area (Å²) in [5, 5.41) is 0.642. The molecular weight excluding hydrogens is 322 g/mol.